The van der Waals surface area contributed by atoms with E-state index in [-0.39, 0.29) is 12.5 Å². The molecular formula is C22H21NO2. The number of benzene rings is 3. The lowest BCUT2D eigenvalue weighted by Gasteiger charge is -2.12. The second-order valence-corrected chi connectivity index (χ2v) is 5.75. The lowest BCUT2D eigenvalue weighted by Crippen LogP contribution is -2.20. The summed E-state index contributed by atoms with van der Waals surface area (Å²) in [6.45, 7) is 2.06. The number of aryl methyl sites for hydroxylation is 1. The van der Waals surface area contributed by atoms with E-state index >= 15 is 0 Å². The summed E-state index contributed by atoms with van der Waals surface area (Å²) in [5.74, 6) is 0.530. The zero-order valence-corrected chi connectivity index (χ0v) is 14.2. The quantitative estimate of drug-likeness (QED) is 0.695. The topological polar surface area (TPSA) is 38.3 Å². The van der Waals surface area contributed by atoms with Gasteiger partial charge in [0.1, 0.15) is 5.75 Å². The number of nitrogens with one attached hydrogen (secondary N) is 1. The molecule has 126 valence electrons. The Morgan fingerprint density at radius 2 is 1.68 bits per heavy atom. The van der Waals surface area contributed by atoms with Crippen LogP contribution in [-0.4, -0.2) is 12.5 Å². The summed E-state index contributed by atoms with van der Waals surface area (Å²) >= 11 is 0. The summed E-state index contributed by atoms with van der Waals surface area (Å²) in [6.07, 6.45) is 0.935. The minimum atomic E-state index is -0.170. The van der Waals surface area contributed by atoms with Crippen molar-refractivity contribution in [2.75, 3.05) is 11.9 Å². The number of rotatable bonds is 6. The lowest BCUT2D eigenvalue weighted by molar-refractivity contribution is -0.118. The molecule has 0 fully saturated rings. The van der Waals surface area contributed by atoms with Gasteiger partial charge in [-0.1, -0.05) is 67.6 Å². The molecule has 0 saturated heterocycles. The van der Waals surface area contributed by atoms with Crippen LogP contribution < -0.4 is 10.1 Å². The van der Waals surface area contributed by atoms with E-state index in [0.29, 0.717) is 5.75 Å². The van der Waals surface area contributed by atoms with Gasteiger partial charge >= 0.3 is 0 Å². The summed E-state index contributed by atoms with van der Waals surface area (Å²) in [5.41, 5.74) is 4.02. The monoisotopic (exact) mass is 331 g/mol. The summed E-state index contributed by atoms with van der Waals surface area (Å²) in [5, 5.41) is 2.88. The molecule has 0 saturated carbocycles. The van der Waals surface area contributed by atoms with Gasteiger partial charge in [-0.2, -0.15) is 0 Å². The van der Waals surface area contributed by atoms with Gasteiger partial charge in [0, 0.05) is 11.3 Å². The van der Waals surface area contributed by atoms with Crippen LogP contribution in [0.25, 0.3) is 11.1 Å². The van der Waals surface area contributed by atoms with E-state index in [9.17, 15) is 4.79 Å². The molecule has 0 bridgehead atoms. The van der Waals surface area contributed by atoms with Crippen LogP contribution in [0, 0.1) is 0 Å². The minimum absolute atomic E-state index is 0.0276. The second kappa shape index (κ2) is 8.15. The van der Waals surface area contributed by atoms with Gasteiger partial charge in [0.15, 0.2) is 6.61 Å². The number of carbonyl (C=O) groups is 1. The Kier molecular flexibility index (Phi) is 5.47. The van der Waals surface area contributed by atoms with Crippen LogP contribution in [0.5, 0.6) is 5.75 Å². The number of hydrogen-bond acceptors (Lipinski definition) is 2. The second-order valence-electron chi connectivity index (χ2n) is 5.75. The van der Waals surface area contributed by atoms with Crippen LogP contribution in [0.1, 0.15) is 12.5 Å². The van der Waals surface area contributed by atoms with Crippen molar-refractivity contribution in [1.82, 2.24) is 0 Å². The third-order valence-electron chi connectivity index (χ3n) is 3.95. The van der Waals surface area contributed by atoms with E-state index in [1.165, 1.54) is 5.56 Å². The highest BCUT2D eigenvalue weighted by atomic mass is 16.5. The standard InChI is InChI=1S/C22H21NO2/c1-2-17-9-8-12-19(15-17)23-22(24)16-25-21-14-7-6-13-20(21)18-10-4-3-5-11-18/h3-15H,2,16H2,1H3,(H,23,24). The molecule has 0 aliphatic rings. The molecule has 25 heavy (non-hydrogen) atoms. The molecule has 0 spiro atoms. The number of hydrogen-bond donors (Lipinski definition) is 1. The van der Waals surface area contributed by atoms with E-state index in [2.05, 4.69) is 12.2 Å². The highest BCUT2D eigenvalue weighted by Crippen LogP contribution is 2.29. The van der Waals surface area contributed by atoms with Crippen molar-refractivity contribution in [2.24, 2.45) is 0 Å². The first kappa shape index (κ1) is 16.8. The molecule has 3 heteroatoms. The number of para-hydroxylation sites is 1. The molecule has 0 unspecified atom stereocenters. The summed E-state index contributed by atoms with van der Waals surface area (Å²) in [6, 6.07) is 25.6. The Morgan fingerprint density at radius 1 is 0.920 bits per heavy atom. The van der Waals surface area contributed by atoms with Gasteiger partial charge in [0.05, 0.1) is 0 Å². The maximum absolute atomic E-state index is 12.2. The van der Waals surface area contributed by atoms with Crippen LogP contribution in [0.15, 0.2) is 78.9 Å². The van der Waals surface area contributed by atoms with E-state index < -0.39 is 0 Å². The molecule has 1 amide bonds. The number of carbonyl (C=O) groups excluding carboxylic acids is 1. The van der Waals surface area contributed by atoms with Gasteiger partial charge in [-0.3, -0.25) is 4.79 Å². The van der Waals surface area contributed by atoms with Crippen molar-refractivity contribution in [3.63, 3.8) is 0 Å². The predicted molar refractivity (Wildman–Crippen MR) is 102 cm³/mol. The maximum Gasteiger partial charge on any atom is 0.262 e. The Labute approximate surface area is 148 Å². The fraction of sp³-hybridized carbons (Fsp3) is 0.136. The molecule has 0 radical (unpaired) electrons. The molecule has 0 aliphatic heterocycles. The van der Waals surface area contributed by atoms with Crippen LogP contribution in [0.2, 0.25) is 0 Å². The van der Waals surface area contributed by atoms with Crippen LogP contribution in [0.3, 0.4) is 0 Å². The smallest absolute Gasteiger partial charge is 0.262 e. The van der Waals surface area contributed by atoms with Crippen molar-refractivity contribution < 1.29 is 9.53 Å². The maximum atomic E-state index is 12.2. The number of anilines is 1. The van der Waals surface area contributed by atoms with Crippen LogP contribution in [-0.2, 0) is 11.2 Å². The zero-order chi connectivity index (χ0) is 17.5. The fourth-order valence-electron chi connectivity index (χ4n) is 2.66. The van der Waals surface area contributed by atoms with Gasteiger partial charge in [0.25, 0.3) is 5.91 Å². The molecule has 3 aromatic rings. The third kappa shape index (κ3) is 4.48. The first-order valence-electron chi connectivity index (χ1n) is 8.42. The van der Waals surface area contributed by atoms with Gasteiger partial charge in [-0.15, -0.1) is 0 Å². The van der Waals surface area contributed by atoms with Crippen LogP contribution >= 0.6 is 0 Å². The fourth-order valence-corrected chi connectivity index (χ4v) is 2.66. The van der Waals surface area contributed by atoms with Gasteiger partial charge in [-0.25, -0.2) is 0 Å². The molecule has 3 rings (SSSR count). The average molecular weight is 331 g/mol. The zero-order valence-electron chi connectivity index (χ0n) is 14.2. The number of ether oxygens (including phenoxy) is 1. The van der Waals surface area contributed by atoms with Crippen molar-refractivity contribution in [2.45, 2.75) is 13.3 Å². The first-order valence-corrected chi connectivity index (χ1v) is 8.42. The highest BCUT2D eigenvalue weighted by molar-refractivity contribution is 5.92. The van der Waals surface area contributed by atoms with Crippen molar-refractivity contribution in [3.8, 4) is 16.9 Å². The molecule has 3 aromatic carbocycles. The first-order chi connectivity index (χ1) is 12.3. The molecule has 0 heterocycles. The average Bonchev–Trinajstić information content (AvgIpc) is 2.67. The largest absolute Gasteiger partial charge is 0.483 e. The Balaban J connectivity index is 1.66. The Hall–Kier alpha value is -3.07. The van der Waals surface area contributed by atoms with E-state index in [1.807, 2.05) is 78.9 Å². The van der Waals surface area contributed by atoms with Gasteiger partial charge < -0.3 is 10.1 Å². The van der Waals surface area contributed by atoms with Crippen LogP contribution in [0.4, 0.5) is 5.69 Å². The summed E-state index contributed by atoms with van der Waals surface area (Å²) in [7, 11) is 0. The van der Waals surface area contributed by atoms with Gasteiger partial charge in [-0.05, 0) is 35.7 Å². The Bertz CT molecular complexity index is 843. The molecule has 1 N–H and O–H groups in total. The van der Waals surface area contributed by atoms with Crippen molar-refractivity contribution >= 4 is 11.6 Å². The van der Waals surface area contributed by atoms with Crippen molar-refractivity contribution in [1.29, 1.82) is 0 Å². The third-order valence-corrected chi connectivity index (χ3v) is 3.95. The summed E-state index contributed by atoms with van der Waals surface area (Å²) in [4.78, 5) is 12.2. The molecule has 0 aliphatic carbocycles. The molecular weight excluding hydrogens is 310 g/mol. The molecule has 0 atom stereocenters. The van der Waals surface area contributed by atoms with E-state index in [4.69, 9.17) is 4.74 Å². The summed E-state index contributed by atoms with van der Waals surface area (Å²) < 4.78 is 5.77. The van der Waals surface area contributed by atoms with E-state index in [0.717, 1.165) is 23.2 Å². The molecule has 3 nitrogen and oxygen atoms in total. The van der Waals surface area contributed by atoms with Gasteiger partial charge in [0.2, 0.25) is 0 Å². The van der Waals surface area contributed by atoms with E-state index in [1.54, 1.807) is 0 Å². The number of amides is 1. The Morgan fingerprint density at radius 3 is 2.48 bits per heavy atom. The minimum Gasteiger partial charge on any atom is -0.483 e. The highest BCUT2D eigenvalue weighted by Gasteiger charge is 2.08. The lowest BCUT2D eigenvalue weighted by atomic mass is 10.1. The SMILES string of the molecule is CCc1cccc(NC(=O)COc2ccccc2-c2ccccc2)c1. The molecule has 0 aromatic heterocycles. The van der Waals surface area contributed by atoms with Crippen molar-refractivity contribution in [3.05, 3.63) is 84.4 Å². The normalized spacial score (nSPS) is 10.3. The predicted octanol–water partition coefficient (Wildman–Crippen LogP) is 4.93.